The molecule has 4 heteroatoms. The molecular formula is C12H16N2O2. The number of aliphatic hydroxyl groups excluding tert-OH is 1. The highest BCUT2D eigenvalue weighted by atomic mass is 16.3. The number of benzene rings is 1. The van der Waals surface area contributed by atoms with Crippen LogP contribution in [0.1, 0.15) is 0 Å². The van der Waals surface area contributed by atoms with Crippen molar-refractivity contribution in [2.75, 3.05) is 25.1 Å². The number of hydrogen-bond donors (Lipinski definition) is 2. The van der Waals surface area contributed by atoms with E-state index in [0.29, 0.717) is 6.54 Å². The minimum absolute atomic E-state index is 0.0138. The molecule has 1 heterocycles. The van der Waals surface area contributed by atoms with Crippen LogP contribution < -0.4 is 10.6 Å². The topological polar surface area (TPSA) is 62.6 Å². The molecule has 0 bridgehead atoms. The van der Waals surface area contributed by atoms with E-state index in [2.05, 4.69) is 0 Å². The number of likely N-dealkylation sites (N-methyl/N-ethyl adjacent to an activating group) is 1. The monoisotopic (exact) mass is 220 g/mol. The first kappa shape index (κ1) is 11.0. The molecule has 1 unspecified atom stereocenters. The van der Waals surface area contributed by atoms with E-state index in [1.807, 2.05) is 36.2 Å². The minimum Gasteiger partial charge on any atom is -0.462 e. The van der Waals surface area contributed by atoms with Crippen LogP contribution in [0.15, 0.2) is 34.9 Å². The van der Waals surface area contributed by atoms with Gasteiger partial charge in [-0.1, -0.05) is 12.1 Å². The molecule has 0 aliphatic carbocycles. The Labute approximate surface area is 94.3 Å². The largest absolute Gasteiger partial charge is 0.462 e. The standard InChI is InChI=1S/C12H16N2O2/c1-14(6-9(13)7-15)11-8-16-12-5-3-2-4-10(11)12/h2-5,8-9,15H,6-7,13H2,1H3. The Bertz CT molecular complexity index is 467. The van der Waals surface area contributed by atoms with Gasteiger partial charge < -0.3 is 20.2 Å². The van der Waals surface area contributed by atoms with Crippen LogP contribution in [0.5, 0.6) is 0 Å². The molecule has 1 atom stereocenters. The second-order valence-corrected chi connectivity index (χ2v) is 3.94. The van der Waals surface area contributed by atoms with Gasteiger partial charge in [0.25, 0.3) is 0 Å². The third kappa shape index (κ3) is 2.03. The van der Waals surface area contributed by atoms with Crippen LogP contribution in [0.25, 0.3) is 11.0 Å². The zero-order valence-electron chi connectivity index (χ0n) is 9.26. The first-order valence-corrected chi connectivity index (χ1v) is 5.26. The van der Waals surface area contributed by atoms with E-state index in [9.17, 15) is 0 Å². The van der Waals surface area contributed by atoms with Gasteiger partial charge in [0.2, 0.25) is 0 Å². The average Bonchev–Trinajstić information content (AvgIpc) is 2.72. The highest BCUT2D eigenvalue weighted by Gasteiger charge is 2.11. The number of nitrogens with two attached hydrogens (primary N) is 1. The molecule has 0 fully saturated rings. The van der Waals surface area contributed by atoms with Crippen molar-refractivity contribution in [2.24, 2.45) is 5.73 Å². The molecule has 0 saturated carbocycles. The lowest BCUT2D eigenvalue weighted by Crippen LogP contribution is -2.37. The SMILES string of the molecule is CN(CC(N)CO)c1coc2ccccc12. The summed E-state index contributed by atoms with van der Waals surface area (Å²) in [6.45, 7) is 0.583. The molecule has 0 amide bonds. The summed E-state index contributed by atoms with van der Waals surface area (Å²) in [5.41, 5.74) is 7.56. The summed E-state index contributed by atoms with van der Waals surface area (Å²) in [5, 5.41) is 9.98. The summed E-state index contributed by atoms with van der Waals surface area (Å²) >= 11 is 0. The summed E-state index contributed by atoms with van der Waals surface area (Å²) in [7, 11) is 1.94. The Balaban J connectivity index is 2.26. The second-order valence-electron chi connectivity index (χ2n) is 3.94. The van der Waals surface area contributed by atoms with Crippen LogP contribution in [-0.4, -0.2) is 31.3 Å². The quantitative estimate of drug-likeness (QED) is 0.812. The van der Waals surface area contributed by atoms with Crippen LogP contribution in [0, 0.1) is 0 Å². The Morgan fingerprint density at radius 3 is 2.94 bits per heavy atom. The van der Waals surface area contributed by atoms with Crippen LogP contribution in [-0.2, 0) is 0 Å². The second kappa shape index (κ2) is 4.55. The van der Waals surface area contributed by atoms with Crippen molar-refractivity contribution in [1.82, 2.24) is 0 Å². The van der Waals surface area contributed by atoms with E-state index in [-0.39, 0.29) is 12.6 Å². The molecule has 3 N–H and O–H groups in total. The van der Waals surface area contributed by atoms with Crippen LogP contribution >= 0.6 is 0 Å². The minimum atomic E-state index is -0.237. The Hall–Kier alpha value is -1.52. The number of para-hydroxylation sites is 1. The van der Waals surface area contributed by atoms with Crippen LogP contribution in [0.2, 0.25) is 0 Å². The predicted molar refractivity (Wildman–Crippen MR) is 64.5 cm³/mol. The maximum Gasteiger partial charge on any atom is 0.136 e. The van der Waals surface area contributed by atoms with Crippen LogP contribution in [0.4, 0.5) is 5.69 Å². The van der Waals surface area contributed by atoms with E-state index in [4.69, 9.17) is 15.3 Å². The number of aliphatic hydroxyl groups is 1. The molecule has 0 aliphatic heterocycles. The van der Waals surface area contributed by atoms with Gasteiger partial charge in [0.15, 0.2) is 0 Å². The normalized spacial score (nSPS) is 12.9. The first-order valence-electron chi connectivity index (χ1n) is 5.26. The van der Waals surface area contributed by atoms with Gasteiger partial charge in [0.1, 0.15) is 11.8 Å². The zero-order chi connectivity index (χ0) is 11.5. The maximum absolute atomic E-state index is 8.92. The molecular weight excluding hydrogens is 204 g/mol. The van der Waals surface area contributed by atoms with E-state index in [0.717, 1.165) is 16.7 Å². The Morgan fingerprint density at radius 2 is 2.19 bits per heavy atom. The van der Waals surface area contributed by atoms with E-state index in [1.165, 1.54) is 0 Å². The third-order valence-electron chi connectivity index (χ3n) is 2.61. The van der Waals surface area contributed by atoms with Crippen molar-refractivity contribution >= 4 is 16.7 Å². The Kier molecular flexibility index (Phi) is 3.12. The van der Waals surface area contributed by atoms with Crippen molar-refractivity contribution in [3.8, 4) is 0 Å². The fraction of sp³-hybridized carbons (Fsp3) is 0.333. The van der Waals surface area contributed by atoms with Gasteiger partial charge in [0, 0.05) is 25.0 Å². The van der Waals surface area contributed by atoms with E-state index in [1.54, 1.807) is 6.26 Å². The fourth-order valence-corrected chi connectivity index (χ4v) is 1.77. The predicted octanol–water partition coefficient (Wildman–Crippen LogP) is 1.19. The first-order chi connectivity index (χ1) is 7.72. The van der Waals surface area contributed by atoms with Crippen molar-refractivity contribution in [1.29, 1.82) is 0 Å². The lowest BCUT2D eigenvalue weighted by molar-refractivity contribution is 0.267. The van der Waals surface area contributed by atoms with Crippen molar-refractivity contribution in [3.05, 3.63) is 30.5 Å². The number of fused-ring (bicyclic) bond motifs is 1. The number of rotatable bonds is 4. The molecule has 1 aromatic carbocycles. The highest BCUT2D eigenvalue weighted by Crippen LogP contribution is 2.27. The van der Waals surface area contributed by atoms with Crippen molar-refractivity contribution < 1.29 is 9.52 Å². The number of nitrogens with zero attached hydrogens (tertiary/aromatic N) is 1. The van der Waals surface area contributed by atoms with Gasteiger partial charge in [-0.15, -0.1) is 0 Å². The van der Waals surface area contributed by atoms with Gasteiger partial charge in [-0.3, -0.25) is 0 Å². The van der Waals surface area contributed by atoms with E-state index < -0.39 is 0 Å². The van der Waals surface area contributed by atoms with Gasteiger partial charge in [-0.25, -0.2) is 0 Å². The molecule has 0 saturated heterocycles. The maximum atomic E-state index is 8.92. The molecule has 0 radical (unpaired) electrons. The molecule has 2 rings (SSSR count). The molecule has 16 heavy (non-hydrogen) atoms. The fourth-order valence-electron chi connectivity index (χ4n) is 1.77. The Morgan fingerprint density at radius 1 is 1.44 bits per heavy atom. The van der Waals surface area contributed by atoms with Gasteiger partial charge >= 0.3 is 0 Å². The molecule has 0 spiro atoms. The molecule has 86 valence electrons. The highest BCUT2D eigenvalue weighted by molar-refractivity contribution is 5.90. The molecule has 2 aromatic rings. The van der Waals surface area contributed by atoms with Crippen LogP contribution in [0.3, 0.4) is 0 Å². The number of furan rings is 1. The lowest BCUT2D eigenvalue weighted by Gasteiger charge is -2.20. The van der Waals surface area contributed by atoms with Crippen molar-refractivity contribution in [2.45, 2.75) is 6.04 Å². The summed E-state index contributed by atoms with van der Waals surface area (Å²) in [6.07, 6.45) is 1.72. The number of hydrogen-bond acceptors (Lipinski definition) is 4. The molecule has 4 nitrogen and oxygen atoms in total. The molecule has 1 aromatic heterocycles. The molecule has 0 aliphatic rings. The smallest absolute Gasteiger partial charge is 0.136 e. The summed E-state index contributed by atoms with van der Waals surface area (Å²) in [6, 6.07) is 7.61. The van der Waals surface area contributed by atoms with Gasteiger partial charge in [-0.05, 0) is 12.1 Å². The van der Waals surface area contributed by atoms with Gasteiger partial charge in [-0.2, -0.15) is 0 Å². The summed E-state index contributed by atoms with van der Waals surface area (Å²) < 4.78 is 5.44. The van der Waals surface area contributed by atoms with Gasteiger partial charge in [0.05, 0.1) is 12.3 Å². The average molecular weight is 220 g/mol. The zero-order valence-corrected chi connectivity index (χ0v) is 9.26. The summed E-state index contributed by atoms with van der Waals surface area (Å²) in [4.78, 5) is 1.99. The number of anilines is 1. The van der Waals surface area contributed by atoms with E-state index >= 15 is 0 Å². The lowest BCUT2D eigenvalue weighted by atomic mass is 10.2. The summed E-state index contributed by atoms with van der Waals surface area (Å²) in [5.74, 6) is 0. The third-order valence-corrected chi connectivity index (χ3v) is 2.61. The van der Waals surface area contributed by atoms with Crippen molar-refractivity contribution in [3.63, 3.8) is 0 Å².